The minimum Gasteiger partial charge on any atom is -0.493 e. The number of pyridine rings is 2. The highest BCUT2D eigenvalue weighted by molar-refractivity contribution is 7.89. The van der Waals surface area contributed by atoms with Crippen LogP contribution in [-0.2, 0) is 20.0 Å². The lowest BCUT2D eigenvalue weighted by molar-refractivity contribution is 0.0557. The van der Waals surface area contributed by atoms with Gasteiger partial charge in [-0.2, -0.15) is 0 Å². The molecule has 2 fully saturated rings. The molecule has 98 heavy (non-hydrogen) atoms. The van der Waals surface area contributed by atoms with E-state index in [1.165, 1.54) is 80.1 Å². The molecule has 512 valence electrons. The minimum atomic E-state index is -3.82. The number of nitrogens with zero attached hydrogens (tertiary/aromatic N) is 8. The fourth-order valence-corrected chi connectivity index (χ4v) is 15.5. The summed E-state index contributed by atoms with van der Waals surface area (Å²) in [5, 5.41) is -0.0744. The Hall–Kier alpha value is -9.56. The highest BCUT2D eigenvalue weighted by Gasteiger charge is 2.45. The molecular weight excluding hydrogens is 1290 g/mol. The van der Waals surface area contributed by atoms with Gasteiger partial charge in [-0.1, -0.05) is 91.0 Å². The SMILES string of the molecule is COc1ccc(C(CCCNS(=O)(=O)c2ccccn2)N2C(=O)c3cccc(N4CCN([C@H](C)c5ccccc5)CC4)c3C2=O)cc1OC.COc1ccc(C(CCCNS(=O)(=O)c2cccnc2)N2C(=O)c3cccc(N4CCN([C@H](C)c5ccccc5)CC4)c3C2=O)cc1OC. The Morgan fingerprint density at radius 1 is 0.439 bits per heavy atom. The van der Waals surface area contributed by atoms with Crippen LogP contribution in [0.5, 0.6) is 23.0 Å². The van der Waals surface area contributed by atoms with Gasteiger partial charge in [0, 0.05) is 96.1 Å². The summed E-state index contributed by atoms with van der Waals surface area (Å²) in [6.07, 6.45) is 5.51. The van der Waals surface area contributed by atoms with Crippen LogP contribution in [0.15, 0.2) is 192 Å². The number of carbonyl (C=O) groups is 4. The average molecular weight is 1370 g/mol. The van der Waals surface area contributed by atoms with Crippen molar-refractivity contribution in [3.05, 3.63) is 227 Å². The smallest absolute Gasteiger partial charge is 0.264 e. The first kappa shape index (κ1) is 69.8. The van der Waals surface area contributed by atoms with E-state index in [0.717, 1.165) is 37.6 Å². The second kappa shape index (κ2) is 31.3. The number of benzene rings is 6. The number of hydrogen-bond donors (Lipinski definition) is 2. The summed E-state index contributed by atoms with van der Waals surface area (Å²) in [4.78, 5) is 76.8. The van der Waals surface area contributed by atoms with Crippen molar-refractivity contribution in [2.45, 2.75) is 73.6 Å². The molecule has 0 aliphatic carbocycles. The molecule has 4 aliphatic heterocycles. The molecular formula is C74H82N10O12S2. The van der Waals surface area contributed by atoms with Crippen LogP contribution in [0.25, 0.3) is 0 Å². The maximum absolute atomic E-state index is 14.4. The van der Waals surface area contributed by atoms with E-state index in [9.17, 15) is 36.0 Å². The van der Waals surface area contributed by atoms with E-state index in [1.807, 2.05) is 48.5 Å². The monoisotopic (exact) mass is 1370 g/mol. The van der Waals surface area contributed by atoms with Crippen LogP contribution in [0.3, 0.4) is 0 Å². The van der Waals surface area contributed by atoms with Crippen molar-refractivity contribution < 1.29 is 55.0 Å². The first-order valence-electron chi connectivity index (χ1n) is 32.8. The highest BCUT2D eigenvalue weighted by atomic mass is 32.2. The molecule has 2 unspecified atom stereocenters. The average Bonchev–Trinajstić information content (AvgIpc) is 1.59. The topological polar surface area (TPSA) is 243 Å². The molecule has 24 heteroatoms. The number of piperazine rings is 2. The Balaban J connectivity index is 0.000000198. The van der Waals surface area contributed by atoms with Gasteiger partial charge in [0.1, 0.15) is 4.90 Å². The van der Waals surface area contributed by atoms with E-state index in [1.54, 1.807) is 54.6 Å². The van der Waals surface area contributed by atoms with E-state index in [-0.39, 0.29) is 58.7 Å². The van der Waals surface area contributed by atoms with Gasteiger partial charge in [0.2, 0.25) is 10.0 Å². The van der Waals surface area contributed by atoms with Gasteiger partial charge >= 0.3 is 0 Å². The largest absolute Gasteiger partial charge is 0.493 e. The summed E-state index contributed by atoms with van der Waals surface area (Å²) >= 11 is 0. The molecule has 12 rings (SSSR count). The number of anilines is 2. The number of aromatic nitrogens is 2. The van der Waals surface area contributed by atoms with Crippen molar-refractivity contribution in [3.8, 4) is 23.0 Å². The van der Waals surface area contributed by atoms with Crippen LogP contribution in [0.2, 0.25) is 0 Å². The molecule has 2 N–H and O–H groups in total. The van der Waals surface area contributed by atoms with Gasteiger partial charge in [-0.15, -0.1) is 0 Å². The number of methoxy groups -OCH3 is 4. The van der Waals surface area contributed by atoms with E-state index in [2.05, 4.69) is 101 Å². The van der Waals surface area contributed by atoms with Gasteiger partial charge in [-0.05, 0) is 135 Å². The summed E-state index contributed by atoms with van der Waals surface area (Å²) in [5.74, 6) is 0.443. The molecule has 4 atom stereocenters. The molecule has 2 saturated heterocycles. The Morgan fingerprint density at radius 3 is 1.29 bits per heavy atom. The lowest BCUT2D eigenvalue weighted by Crippen LogP contribution is -2.47. The number of ether oxygens (including phenoxy) is 4. The van der Waals surface area contributed by atoms with Crippen molar-refractivity contribution in [1.82, 2.24) is 39.0 Å². The molecule has 0 spiro atoms. The number of hydrogen-bond acceptors (Lipinski definition) is 18. The maximum Gasteiger partial charge on any atom is 0.264 e. The van der Waals surface area contributed by atoms with Crippen LogP contribution in [0.4, 0.5) is 11.4 Å². The van der Waals surface area contributed by atoms with Gasteiger partial charge in [-0.25, -0.2) is 31.3 Å². The number of imide groups is 2. The first-order valence-corrected chi connectivity index (χ1v) is 35.8. The molecule has 2 aromatic heterocycles. The predicted octanol–water partition coefficient (Wildman–Crippen LogP) is 10.2. The number of amides is 4. The lowest BCUT2D eigenvalue weighted by Gasteiger charge is -2.39. The van der Waals surface area contributed by atoms with Crippen molar-refractivity contribution in [1.29, 1.82) is 0 Å². The van der Waals surface area contributed by atoms with Crippen LogP contribution in [0, 0.1) is 0 Å². The highest BCUT2D eigenvalue weighted by Crippen LogP contribution is 2.43. The molecule has 6 aromatic carbocycles. The fourth-order valence-electron chi connectivity index (χ4n) is 13.4. The summed E-state index contributed by atoms with van der Waals surface area (Å²) in [7, 11) is -1.47. The Bertz CT molecular complexity index is 4080. The zero-order valence-electron chi connectivity index (χ0n) is 55.8. The van der Waals surface area contributed by atoms with E-state index in [4.69, 9.17) is 18.9 Å². The van der Waals surface area contributed by atoms with E-state index >= 15 is 0 Å². The van der Waals surface area contributed by atoms with Crippen molar-refractivity contribution in [2.24, 2.45) is 0 Å². The molecule has 0 bridgehead atoms. The lowest BCUT2D eigenvalue weighted by atomic mass is 9.99. The fraction of sp³-hybridized carbons (Fsp3) is 0.324. The van der Waals surface area contributed by atoms with Crippen LogP contribution in [0.1, 0.15) is 127 Å². The standard InChI is InChI=1S/2C37H41N5O6S/c1-26(27-10-5-4-6-11-27)40-20-22-41(23-21-40)32-14-7-13-30-35(32)37(44)42(36(30)43)31(28-16-17-33(47-2)34(24-28)48-3)15-9-19-39-49(45,46)29-12-8-18-38-25-29;1-26(27-11-5-4-6-12-27)40-21-23-41(24-22-40)31-14-9-13-29-35(31)37(44)42(36(29)43)30(28-17-18-32(47-2)33(25-28)48-3)15-10-20-39-49(45,46)34-16-7-8-19-38-34/h4-8,10-14,16-18,24-26,31,39H,9,15,19-23H2,1-3H3;4-9,11-14,16-19,25-26,30,39H,10,15,20-24H2,1-3H3/t26-,31?;26-,30?/m11/s1. The molecule has 4 aliphatic rings. The van der Waals surface area contributed by atoms with E-state index in [0.29, 0.717) is 108 Å². The third-order valence-corrected chi connectivity index (χ3v) is 21.6. The molecule has 8 aromatic rings. The predicted molar refractivity (Wildman–Crippen MR) is 373 cm³/mol. The number of fused-ring (bicyclic) bond motifs is 2. The normalized spacial score (nSPS) is 16.4. The van der Waals surface area contributed by atoms with Crippen molar-refractivity contribution in [3.63, 3.8) is 0 Å². The summed E-state index contributed by atoms with van der Waals surface area (Å²) in [5.41, 5.74) is 6.91. The van der Waals surface area contributed by atoms with Gasteiger partial charge in [0.25, 0.3) is 33.7 Å². The summed E-state index contributed by atoms with van der Waals surface area (Å²) in [6, 6.07) is 49.2. The zero-order chi connectivity index (χ0) is 69.1. The molecule has 6 heterocycles. The van der Waals surface area contributed by atoms with Crippen LogP contribution < -0.4 is 38.2 Å². The number of rotatable bonds is 26. The minimum absolute atomic E-state index is 0.0645. The zero-order valence-corrected chi connectivity index (χ0v) is 57.5. The number of nitrogens with one attached hydrogen (secondary N) is 2. The summed E-state index contributed by atoms with van der Waals surface area (Å²) in [6.45, 7) is 10.7. The third-order valence-electron chi connectivity index (χ3n) is 18.8. The van der Waals surface area contributed by atoms with Crippen LogP contribution >= 0.6 is 0 Å². The molecule has 0 saturated carbocycles. The van der Waals surface area contributed by atoms with Gasteiger partial charge < -0.3 is 28.7 Å². The van der Waals surface area contributed by atoms with Gasteiger partial charge in [-0.3, -0.25) is 43.8 Å². The van der Waals surface area contributed by atoms with Crippen molar-refractivity contribution in [2.75, 3.05) is 104 Å². The maximum atomic E-state index is 14.4. The summed E-state index contributed by atoms with van der Waals surface area (Å²) < 4.78 is 78.4. The first-order chi connectivity index (χ1) is 47.5. The van der Waals surface area contributed by atoms with E-state index < -0.39 is 32.1 Å². The Kier molecular flexibility index (Phi) is 22.3. The van der Waals surface area contributed by atoms with Gasteiger partial charge in [0.05, 0.1) is 74.2 Å². The Labute approximate surface area is 573 Å². The second-order valence-electron chi connectivity index (χ2n) is 24.3. The number of sulfonamides is 2. The van der Waals surface area contributed by atoms with Gasteiger partial charge in [0.15, 0.2) is 28.0 Å². The Morgan fingerprint density at radius 2 is 0.878 bits per heavy atom. The van der Waals surface area contributed by atoms with Crippen molar-refractivity contribution >= 4 is 55.1 Å². The molecule has 0 radical (unpaired) electrons. The third kappa shape index (κ3) is 15.1. The quantitative estimate of drug-likeness (QED) is 0.0378. The molecule has 4 amide bonds. The molecule has 22 nitrogen and oxygen atoms in total. The van der Waals surface area contributed by atoms with Crippen LogP contribution in [-0.4, -0.2) is 164 Å². The second-order valence-corrected chi connectivity index (χ2v) is 27.8. The number of carbonyl (C=O) groups excluding carboxylic acids is 4.